The monoisotopic (exact) mass is 406 g/mol. The summed E-state index contributed by atoms with van der Waals surface area (Å²) in [6, 6.07) is 7.46. The Morgan fingerprint density at radius 3 is 2.78 bits per heavy atom. The molecule has 0 atom stereocenters. The minimum atomic E-state index is -0.103. The number of hydrogen-bond acceptors (Lipinski definition) is 4. The van der Waals surface area contributed by atoms with Crippen molar-refractivity contribution in [2.24, 2.45) is 5.41 Å². The first kappa shape index (κ1) is 20.2. The second-order valence-electron chi connectivity index (χ2n) is 5.71. The van der Waals surface area contributed by atoms with E-state index in [0.717, 1.165) is 30.4 Å². The van der Waals surface area contributed by atoms with Crippen molar-refractivity contribution >= 4 is 34.2 Å². The average Bonchev–Trinajstić information content (AvgIpc) is 2.52. The molecule has 0 bridgehead atoms. The van der Waals surface area contributed by atoms with E-state index in [0.29, 0.717) is 18.9 Å². The van der Waals surface area contributed by atoms with Gasteiger partial charge >= 0.3 is 0 Å². The number of piperidine rings is 1. The summed E-state index contributed by atoms with van der Waals surface area (Å²) in [5.41, 5.74) is 0.0332. The molecule has 1 fully saturated rings. The third-order valence-electron chi connectivity index (χ3n) is 3.94. The molecule has 2 N–H and O–H groups in total. The Balaban J connectivity index is 0.00000264. The lowest BCUT2D eigenvalue weighted by Crippen LogP contribution is -2.47. The lowest BCUT2D eigenvalue weighted by Gasteiger charge is -2.37. The van der Waals surface area contributed by atoms with Gasteiger partial charge in [-0.25, -0.2) is 0 Å². The fourth-order valence-electron chi connectivity index (χ4n) is 2.68. The second-order valence-corrected chi connectivity index (χ2v) is 6.62. The van der Waals surface area contributed by atoms with Gasteiger partial charge in [-0.3, -0.25) is 4.79 Å². The van der Waals surface area contributed by atoms with E-state index >= 15 is 0 Å². The van der Waals surface area contributed by atoms with Gasteiger partial charge in [0.15, 0.2) is 6.61 Å². The molecule has 2 rings (SSSR count). The summed E-state index contributed by atoms with van der Waals surface area (Å²) in [5.74, 6) is 0.576. The number of halogens is 2. The minimum Gasteiger partial charge on any atom is -0.484 e. The number of amides is 1. The molecule has 130 valence electrons. The molecule has 1 aromatic carbocycles. The van der Waals surface area contributed by atoms with Gasteiger partial charge in [0.1, 0.15) is 5.75 Å². The maximum atomic E-state index is 12.0. The summed E-state index contributed by atoms with van der Waals surface area (Å²) in [6.07, 6.45) is 2.02. The van der Waals surface area contributed by atoms with Crippen molar-refractivity contribution < 1.29 is 14.3 Å². The molecule has 1 aliphatic heterocycles. The van der Waals surface area contributed by atoms with Crippen LogP contribution in [-0.2, 0) is 9.53 Å². The van der Waals surface area contributed by atoms with Crippen molar-refractivity contribution in [2.45, 2.75) is 12.8 Å². The standard InChI is InChI=1S/C16H23BrN2O3.ClH/c1-21-12-16(5-7-18-8-6-16)11-19-15(20)10-22-14-4-2-3-13(17)9-14;/h2-4,9,18H,5-8,10-12H2,1H3,(H,19,20);1H. The van der Waals surface area contributed by atoms with E-state index in [1.165, 1.54) is 0 Å². The van der Waals surface area contributed by atoms with Gasteiger partial charge in [0, 0.05) is 23.5 Å². The second kappa shape index (κ2) is 10.1. The first-order chi connectivity index (χ1) is 10.6. The maximum absolute atomic E-state index is 12.0. The number of hydrogen-bond donors (Lipinski definition) is 2. The van der Waals surface area contributed by atoms with Crippen LogP contribution >= 0.6 is 28.3 Å². The molecule has 0 unspecified atom stereocenters. The van der Waals surface area contributed by atoms with E-state index in [-0.39, 0.29) is 30.3 Å². The van der Waals surface area contributed by atoms with Crippen LogP contribution in [0.25, 0.3) is 0 Å². The number of carbonyl (C=O) groups is 1. The highest BCUT2D eigenvalue weighted by Crippen LogP contribution is 2.28. The molecule has 5 nitrogen and oxygen atoms in total. The van der Waals surface area contributed by atoms with Crippen LogP contribution < -0.4 is 15.4 Å². The largest absolute Gasteiger partial charge is 0.484 e. The molecule has 1 aromatic rings. The molecule has 0 aromatic heterocycles. The SMILES string of the molecule is COCC1(CNC(=O)COc2cccc(Br)c2)CCNCC1.Cl. The van der Waals surface area contributed by atoms with Crippen molar-refractivity contribution in [2.75, 3.05) is 40.0 Å². The molecule has 1 amide bonds. The van der Waals surface area contributed by atoms with Crippen molar-refractivity contribution in [1.29, 1.82) is 0 Å². The Labute approximate surface area is 152 Å². The molecule has 23 heavy (non-hydrogen) atoms. The molecular formula is C16H24BrClN2O3. The predicted molar refractivity (Wildman–Crippen MR) is 96.3 cm³/mol. The maximum Gasteiger partial charge on any atom is 0.257 e. The fraction of sp³-hybridized carbons (Fsp3) is 0.562. The zero-order valence-corrected chi connectivity index (χ0v) is 15.7. The summed E-state index contributed by atoms with van der Waals surface area (Å²) < 4.78 is 11.8. The van der Waals surface area contributed by atoms with Crippen LogP contribution in [0.2, 0.25) is 0 Å². The molecule has 1 saturated heterocycles. The van der Waals surface area contributed by atoms with E-state index in [2.05, 4.69) is 26.6 Å². The molecular weight excluding hydrogens is 384 g/mol. The summed E-state index contributed by atoms with van der Waals surface area (Å²) in [5, 5.41) is 6.32. The highest BCUT2D eigenvalue weighted by Gasteiger charge is 2.32. The van der Waals surface area contributed by atoms with E-state index in [1.807, 2.05) is 24.3 Å². The molecule has 0 spiro atoms. The number of methoxy groups -OCH3 is 1. The van der Waals surface area contributed by atoms with Crippen molar-refractivity contribution in [1.82, 2.24) is 10.6 Å². The Kier molecular flexibility index (Phi) is 8.91. The van der Waals surface area contributed by atoms with Crippen molar-refractivity contribution in [3.63, 3.8) is 0 Å². The predicted octanol–water partition coefficient (Wildman–Crippen LogP) is 2.38. The van der Waals surface area contributed by atoms with Crippen LogP contribution in [0.5, 0.6) is 5.75 Å². The lowest BCUT2D eigenvalue weighted by atomic mass is 9.79. The van der Waals surface area contributed by atoms with Crippen LogP contribution in [0, 0.1) is 5.41 Å². The molecule has 1 heterocycles. The minimum absolute atomic E-state index is 0. The third-order valence-corrected chi connectivity index (χ3v) is 4.43. The summed E-state index contributed by atoms with van der Waals surface area (Å²) in [4.78, 5) is 12.0. The summed E-state index contributed by atoms with van der Waals surface area (Å²) in [7, 11) is 1.71. The van der Waals surface area contributed by atoms with Gasteiger partial charge in [-0.2, -0.15) is 0 Å². The van der Waals surface area contributed by atoms with Crippen molar-refractivity contribution in [3.05, 3.63) is 28.7 Å². The van der Waals surface area contributed by atoms with E-state index < -0.39 is 0 Å². The lowest BCUT2D eigenvalue weighted by molar-refractivity contribution is -0.124. The van der Waals surface area contributed by atoms with Crippen LogP contribution in [0.4, 0.5) is 0 Å². The first-order valence-corrected chi connectivity index (χ1v) is 8.28. The summed E-state index contributed by atoms with van der Waals surface area (Å²) in [6.45, 7) is 3.25. The topological polar surface area (TPSA) is 59.6 Å². The number of ether oxygens (including phenoxy) is 2. The number of nitrogens with one attached hydrogen (secondary N) is 2. The van der Waals surface area contributed by atoms with Gasteiger partial charge in [-0.1, -0.05) is 22.0 Å². The highest BCUT2D eigenvalue weighted by atomic mass is 79.9. The molecule has 0 radical (unpaired) electrons. The Morgan fingerprint density at radius 1 is 1.39 bits per heavy atom. The van der Waals surface area contributed by atoms with Crippen LogP contribution in [-0.4, -0.2) is 45.9 Å². The number of benzene rings is 1. The molecule has 7 heteroatoms. The van der Waals surface area contributed by atoms with Gasteiger partial charge in [-0.15, -0.1) is 12.4 Å². The normalized spacial score (nSPS) is 16.3. The van der Waals surface area contributed by atoms with Crippen molar-refractivity contribution in [3.8, 4) is 5.75 Å². The molecule has 0 aliphatic carbocycles. The zero-order chi connectivity index (χ0) is 15.8. The number of carbonyl (C=O) groups excluding carboxylic acids is 1. The Hall–Kier alpha value is -0.820. The van der Waals surface area contributed by atoms with Gasteiger partial charge in [0.05, 0.1) is 6.61 Å². The van der Waals surface area contributed by atoms with Crippen LogP contribution in [0.1, 0.15) is 12.8 Å². The fourth-order valence-corrected chi connectivity index (χ4v) is 3.06. The quantitative estimate of drug-likeness (QED) is 0.728. The van der Waals surface area contributed by atoms with E-state index in [1.54, 1.807) is 7.11 Å². The van der Waals surface area contributed by atoms with E-state index in [9.17, 15) is 4.79 Å². The Bertz CT molecular complexity index is 490. The first-order valence-electron chi connectivity index (χ1n) is 7.48. The summed E-state index contributed by atoms with van der Waals surface area (Å²) >= 11 is 3.38. The third kappa shape index (κ3) is 6.67. The smallest absolute Gasteiger partial charge is 0.257 e. The van der Waals surface area contributed by atoms with Gasteiger partial charge < -0.3 is 20.1 Å². The van der Waals surface area contributed by atoms with Gasteiger partial charge in [0.2, 0.25) is 0 Å². The molecule has 0 saturated carbocycles. The number of rotatable bonds is 7. The highest BCUT2D eigenvalue weighted by molar-refractivity contribution is 9.10. The Morgan fingerprint density at radius 2 is 2.13 bits per heavy atom. The zero-order valence-electron chi connectivity index (χ0n) is 13.3. The molecule has 1 aliphatic rings. The average molecular weight is 408 g/mol. The van der Waals surface area contributed by atoms with Gasteiger partial charge in [-0.05, 0) is 44.1 Å². The van der Waals surface area contributed by atoms with E-state index in [4.69, 9.17) is 9.47 Å². The van der Waals surface area contributed by atoms with Crippen LogP contribution in [0.15, 0.2) is 28.7 Å². The van der Waals surface area contributed by atoms with Gasteiger partial charge in [0.25, 0.3) is 5.91 Å². The van der Waals surface area contributed by atoms with Crippen LogP contribution in [0.3, 0.4) is 0 Å².